The molecule has 0 aliphatic carbocycles. The van der Waals surface area contributed by atoms with Gasteiger partial charge in [0.2, 0.25) is 0 Å². The molecule has 0 radical (unpaired) electrons. The monoisotopic (exact) mass is 209 g/mol. The summed E-state index contributed by atoms with van der Waals surface area (Å²) >= 11 is 4.83. The Bertz CT molecular complexity index is 287. The molecule has 14 heavy (non-hydrogen) atoms. The van der Waals surface area contributed by atoms with E-state index in [9.17, 15) is 0 Å². The van der Waals surface area contributed by atoms with E-state index >= 15 is 0 Å². The first-order valence-electron chi connectivity index (χ1n) is 4.54. The molecule has 0 fully saturated rings. The van der Waals surface area contributed by atoms with Crippen molar-refractivity contribution < 1.29 is 0 Å². The largest absolute Gasteiger partial charge is 0.392 e. The molecule has 0 aromatic carbocycles. The number of nitrogens with two attached hydrogens (primary N) is 1. The Morgan fingerprint density at radius 1 is 1.50 bits per heavy atom. The quantitative estimate of drug-likeness (QED) is 0.730. The highest BCUT2D eigenvalue weighted by Gasteiger charge is 1.99. The van der Waals surface area contributed by atoms with Crippen molar-refractivity contribution in [2.24, 2.45) is 5.73 Å². The van der Waals surface area contributed by atoms with E-state index in [1.165, 1.54) is 5.56 Å². The predicted molar refractivity (Wildman–Crippen MR) is 62.2 cm³/mol. The Morgan fingerprint density at radius 3 is 2.71 bits per heavy atom. The summed E-state index contributed by atoms with van der Waals surface area (Å²) in [6.45, 7) is 1.64. The Morgan fingerprint density at radius 2 is 2.14 bits per heavy atom. The molecular weight excluding hydrogens is 194 g/mol. The highest BCUT2D eigenvalue weighted by Crippen LogP contribution is 1.98. The van der Waals surface area contributed by atoms with E-state index in [-0.39, 0.29) is 0 Å². The van der Waals surface area contributed by atoms with Crippen LogP contribution < -0.4 is 5.73 Å². The van der Waals surface area contributed by atoms with Crippen LogP contribution in [0.25, 0.3) is 0 Å². The lowest BCUT2D eigenvalue weighted by Gasteiger charge is -2.15. The van der Waals surface area contributed by atoms with Crippen molar-refractivity contribution in [2.75, 3.05) is 20.1 Å². The molecule has 0 atom stereocenters. The summed E-state index contributed by atoms with van der Waals surface area (Å²) in [5, 5.41) is 0. The minimum atomic E-state index is 0.544. The van der Waals surface area contributed by atoms with E-state index in [0.29, 0.717) is 11.5 Å². The predicted octanol–water partition coefficient (Wildman–Crippen LogP) is 0.842. The second-order valence-corrected chi connectivity index (χ2v) is 3.83. The van der Waals surface area contributed by atoms with Gasteiger partial charge in [-0.15, -0.1) is 0 Å². The third-order valence-electron chi connectivity index (χ3n) is 1.96. The molecule has 0 unspecified atom stereocenters. The number of hydrogen-bond acceptors (Lipinski definition) is 3. The Balaban J connectivity index is 2.30. The second kappa shape index (κ2) is 5.67. The Hall–Kier alpha value is -1.00. The zero-order valence-electron chi connectivity index (χ0n) is 8.31. The minimum Gasteiger partial charge on any atom is -0.392 e. The van der Waals surface area contributed by atoms with Gasteiger partial charge in [0.15, 0.2) is 0 Å². The Labute approximate surface area is 89.9 Å². The number of thiocarbonyl (C=S) groups is 1. The summed E-state index contributed by atoms with van der Waals surface area (Å²) in [5.41, 5.74) is 6.73. The van der Waals surface area contributed by atoms with Crippen LogP contribution in [0.2, 0.25) is 0 Å². The first-order valence-corrected chi connectivity index (χ1v) is 4.95. The van der Waals surface area contributed by atoms with Crippen LogP contribution in [0.15, 0.2) is 24.5 Å². The first kappa shape index (κ1) is 11.1. The highest BCUT2D eigenvalue weighted by molar-refractivity contribution is 7.80. The molecule has 1 rings (SSSR count). The Kier molecular flexibility index (Phi) is 4.49. The molecular formula is C10H15N3S. The molecule has 4 heteroatoms. The number of aromatic nitrogens is 1. The van der Waals surface area contributed by atoms with Crippen molar-refractivity contribution >= 4 is 17.2 Å². The molecule has 0 amide bonds. The molecule has 0 aliphatic rings. The zero-order valence-corrected chi connectivity index (χ0v) is 9.13. The fourth-order valence-electron chi connectivity index (χ4n) is 1.21. The molecule has 0 saturated carbocycles. The van der Waals surface area contributed by atoms with Gasteiger partial charge in [0, 0.05) is 25.5 Å². The van der Waals surface area contributed by atoms with Gasteiger partial charge in [-0.2, -0.15) is 0 Å². The first-order chi connectivity index (χ1) is 6.68. The lowest BCUT2D eigenvalue weighted by atomic mass is 10.2. The van der Waals surface area contributed by atoms with Crippen LogP contribution in [-0.4, -0.2) is 35.0 Å². The molecule has 0 saturated heterocycles. The van der Waals surface area contributed by atoms with Crippen molar-refractivity contribution in [3.05, 3.63) is 30.1 Å². The average molecular weight is 209 g/mol. The van der Waals surface area contributed by atoms with Crippen molar-refractivity contribution in [2.45, 2.75) is 6.42 Å². The lowest BCUT2D eigenvalue weighted by molar-refractivity contribution is 0.386. The van der Waals surface area contributed by atoms with Crippen LogP contribution in [0, 0.1) is 0 Å². The standard InChI is InChI=1S/C10H15N3S/c1-13(8-10(11)14)7-4-9-2-5-12-6-3-9/h2-3,5-6H,4,7-8H2,1H3,(H2,11,14). The molecule has 0 spiro atoms. The number of rotatable bonds is 5. The van der Waals surface area contributed by atoms with Crippen LogP contribution in [0.1, 0.15) is 5.56 Å². The average Bonchev–Trinajstić information content (AvgIpc) is 2.15. The summed E-state index contributed by atoms with van der Waals surface area (Å²) in [6, 6.07) is 4.04. The van der Waals surface area contributed by atoms with E-state index in [0.717, 1.165) is 13.0 Å². The van der Waals surface area contributed by atoms with Gasteiger partial charge in [-0.25, -0.2) is 0 Å². The van der Waals surface area contributed by atoms with Crippen molar-refractivity contribution in [3.63, 3.8) is 0 Å². The summed E-state index contributed by atoms with van der Waals surface area (Å²) in [4.78, 5) is 6.62. The molecule has 1 heterocycles. The van der Waals surface area contributed by atoms with Gasteiger partial charge < -0.3 is 5.73 Å². The maximum Gasteiger partial charge on any atom is 0.0869 e. The maximum absolute atomic E-state index is 5.44. The maximum atomic E-state index is 5.44. The van der Waals surface area contributed by atoms with Crippen LogP contribution in [0.4, 0.5) is 0 Å². The van der Waals surface area contributed by atoms with E-state index < -0.39 is 0 Å². The number of nitrogens with zero attached hydrogens (tertiary/aromatic N) is 2. The topological polar surface area (TPSA) is 42.2 Å². The molecule has 1 aromatic rings. The van der Waals surface area contributed by atoms with Gasteiger partial charge in [-0.3, -0.25) is 9.88 Å². The number of pyridine rings is 1. The smallest absolute Gasteiger partial charge is 0.0869 e. The van der Waals surface area contributed by atoms with Gasteiger partial charge in [-0.05, 0) is 31.2 Å². The molecule has 76 valence electrons. The molecule has 3 nitrogen and oxygen atoms in total. The third kappa shape index (κ3) is 4.30. The number of likely N-dealkylation sites (N-methyl/N-ethyl adjacent to an activating group) is 1. The molecule has 1 aromatic heterocycles. The minimum absolute atomic E-state index is 0.544. The molecule has 2 N–H and O–H groups in total. The van der Waals surface area contributed by atoms with Gasteiger partial charge in [0.1, 0.15) is 0 Å². The summed E-state index contributed by atoms with van der Waals surface area (Å²) < 4.78 is 0. The molecule has 0 aliphatic heterocycles. The van der Waals surface area contributed by atoms with Gasteiger partial charge in [-0.1, -0.05) is 12.2 Å². The van der Waals surface area contributed by atoms with Crippen LogP contribution >= 0.6 is 12.2 Å². The number of hydrogen-bond donors (Lipinski definition) is 1. The fourth-order valence-corrected chi connectivity index (χ4v) is 1.43. The van der Waals surface area contributed by atoms with Gasteiger partial charge in [0.25, 0.3) is 0 Å². The van der Waals surface area contributed by atoms with E-state index in [4.69, 9.17) is 18.0 Å². The second-order valence-electron chi connectivity index (χ2n) is 3.31. The normalized spacial score (nSPS) is 10.4. The van der Waals surface area contributed by atoms with Crippen LogP contribution in [0.5, 0.6) is 0 Å². The van der Waals surface area contributed by atoms with E-state index in [1.54, 1.807) is 0 Å². The molecule has 0 bridgehead atoms. The summed E-state index contributed by atoms with van der Waals surface area (Å²) in [6.07, 6.45) is 4.62. The van der Waals surface area contributed by atoms with E-state index in [1.807, 2.05) is 31.6 Å². The van der Waals surface area contributed by atoms with Gasteiger partial charge >= 0.3 is 0 Å². The lowest BCUT2D eigenvalue weighted by Crippen LogP contribution is -2.30. The highest BCUT2D eigenvalue weighted by atomic mass is 32.1. The van der Waals surface area contributed by atoms with Crippen molar-refractivity contribution in [1.82, 2.24) is 9.88 Å². The van der Waals surface area contributed by atoms with E-state index in [2.05, 4.69) is 9.88 Å². The van der Waals surface area contributed by atoms with Crippen LogP contribution in [0.3, 0.4) is 0 Å². The SMILES string of the molecule is CN(CCc1ccncc1)CC(N)=S. The third-order valence-corrected chi connectivity index (χ3v) is 2.09. The summed E-state index contributed by atoms with van der Waals surface area (Å²) in [7, 11) is 2.01. The van der Waals surface area contributed by atoms with Crippen molar-refractivity contribution in [1.29, 1.82) is 0 Å². The van der Waals surface area contributed by atoms with Crippen LogP contribution in [-0.2, 0) is 6.42 Å². The van der Waals surface area contributed by atoms with Crippen molar-refractivity contribution in [3.8, 4) is 0 Å². The van der Waals surface area contributed by atoms with Gasteiger partial charge in [0.05, 0.1) is 4.99 Å². The summed E-state index contributed by atoms with van der Waals surface area (Å²) in [5.74, 6) is 0. The zero-order chi connectivity index (χ0) is 10.4. The fraction of sp³-hybridized carbons (Fsp3) is 0.400.